The van der Waals surface area contributed by atoms with Crippen LogP contribution in [-0.2, 0) is 9.59 Å². The van der Waals surface area contributed by atoms with E-state index >= 15 is 0 Å². The van der Waals surface area contributed by atoms with Crippen LogP contribution in [-0.4, -0.2) is 32.0 Å². The van der Waals surface area contributed by atoms with Gasteiger partial charge in [0.05, 0.1) is 18.4 Å². The van der Waals surface area contributed by atoms with E-state index in [0.29, 0.717) is 22.6 Å². The third kappa shape index (κ3) is 4.15. The van der Waals surface area contributed by atoms with E-state index < -0.39 is 5.91 Å². The summed E-state index contributed by atoms with van der Waals surface area (Å²) in [6.45, 7) is 7.93. The normalized spacial score (nSPS) is 13.5. The fourth-order valence-electron chi connectivity index (χ4n) is 4.27. The van der Waals surface area contributed by atoms with Crippen LogP contribution in [0.1, 0.15) is 25.0 Å². The molecular weight excluding hydrogens is 426 g/mol. The van der Waals surface area contributed by atoms with Gasteiger partial charge < -0.3 is 15.0 Å². The van der Waals surface area contributed by atoms with Crippen LogP contribution in [0.5, 0.6) is 5.75 Å². The maximum absolute atomic E-state index is 13.7. The van der Waals surface area contributed by atoms with Crippen LogP contribution >= 0.6 is 0 Å². The molecule has 0 spiro atoms. The highest BCUT2D eigenvalue weighted by Crippen LogP contribution is 2.38. The van der Waals surface area contributed by atoms with Crippen LogP contribution in [0.2, 0.25) is 0 Å². The summed E-state index contributed by atoms with van der Waals surface area (Å²) in [7, 11) is 1.55. The minimum Gasteiger partial charge on any atom is -0.496 e. The summed E-state index contributed by atoms with van der Waals surface area (Å²) in [5.41, 5.74) is 4.33. The lowest BCUT2D eigenvalue weighted by Gasteiger charge is -2.21. The molecule has 6 nitrogen and oxygen atoms in total. The fourth-order valence-corrected chi connectivity index (χ4v) is 4.27. The first-order valence-electron chi connectivity index (χ1n) is 11.4. The standard InChI is InChI=1S/C28H29N3O3/c1-5-30(6-2)21-17-15-20(16-18-21)29-26-25(22-12-8-10-14-24(22)34-4)27(32)31(28(26)33)23-13-9-7-11-19(23)3/h7-18,29H,5-6H2,1-4H3. The first-order valence-corrected chi connectivity index (χ1v) is 11.4. The Morgan fingerprint density at radius 2 is 1.50 bits per heavy atom. The number of anilines is 3. The van der Waals surface area contributed by atoms with Gasteiger partial charge in [-0.1, -0.05) is 36.4 Å². The van der Waals surface area contributed by atoms with Crippen molar-refractivity contribution < 1.29 is 14.3 Å². The third-order valence-corrected chi connectivity index (χ3v) is 6.08. The number of nitrogens with one attached hydrogen (secondary N) is 1. The largest absolute Gasteiger partial charge is 0.496 e. The summed E-state index contributed by atoms with van der Waals surface area (Å²) >= 11 is 0. The van der Waals surface area contributed by atoms with Gasteiger partial charge in [0.15, 0.2) is 0 Å². The molecule has 4 rings (SSSR count). The molecule has 0 aliphatic carbocycles. The number of carbonyl (C=O) groups excluding carboxylic acids is 2. The van der Waals surface area contributed by atoms with Crippen molar-refractivity contribution in [1.29, 1.82) is 0 Å². The highest BCUT2D eigenvalue weighted by Gasteiger charge is 2.41. The second-order valence-electron chi connectivity index (χ2n) is 8.03. The Morgan fingerprint density at radius 3 is 2.15 bits per heavy atom. The van der Waals surface area contributed by atoms with Gasteiger partial charge >= 0.3 is 0 Å². The first kappa shape index (κ1) is 23.1. The van der Waals surface area contributed by atoms with Gasteiger partial charge in [-0.05, 0) is 62.7 Å². The van der Waals surface area contributed by atoms with Crippen molar-refractivity contribution >= 4 is 34.4 Å². The van der Waals surface area contributed by atoms with Crippen molar-refractivity contribution in [2.45, 2.75) is 20.8 Å². The monoisotopic (exact) mass is 455 g/mol. The van der Waals surface area contributed by atoms with Crippen LogP contribution in [0.3, 0.4) is 0 Å². The minimum absolute atomic E-state index is 0.230. The smallest absolute Gasteiger partial charge is 0.282 e. The molecule has 34 heavy (non-hydrogen) atoms. The molecule has 0 bridgehead atoms. The Morgan fingerprint density at radius 1 is 0.853 bits per heavy atom. The summed E-state index contributed by atoms with van der Waals surface area (Å²) in [5.74, 6) is -0.249. The molecule has 0 saturated carbocycles. The van der Waals surface area contributed by atoms with Gasteiger partial charge in [-0.25, -0.2) is 4.90 Å². The number of methoxy groups -OCH3 is 1. The van der Waals surface area contributed by atoms with Crippen LogP contribution in [0.15, 0.2) is 78.5 Å². The molecule has 2 amide bonds. The SMILES string of the molecule is CCN(CC)c1ccc(NC2=C(c3ccccc3OC)C(=O)N(c3ccccc3C)C2=O)cc1. The van der Waals surface area contributed by atoms with Crippen molar-refractivity contribution in [2.24, 2.45) is 0 Å². The number of hydrogen-bond donors (Lipinski definition) is 1. The highest BCUT2D eigenvalue weighted by atomic mass is 16.5. The zero-order valence-corrected chi connectivity index (χ0v) is 20.0. The molecule has 6 heteroatoms. The van der Waals surface area contributed by atoms with Crippen molar-refractivity contribution in [1.82, 2.24) is 0 Å². The molecule has 1 aliphatic heterocycles. The van der Waals surface area contributed by atoms with Crippen LogP contribution in [0.25, 0.3) is 5.57 Å². The summed E-state index contributed by atoms with van der Waals surface area (Å²) < 4.78 is 5.52. The average Bonchev–Trinajstić information content (AvgIpc) is 3.10. The fraction of sp³-hybridized carbons (Fsp3) is 0.214. The van der Waals surface area contributed by atoms with E-state index in [0.717, 1.165) is 30.0 Å². The second-order valence-corrected chi connectivity index (χ2v) is 8.03. The molecule has 1 heterocycles. The van der Waals surface area contributed by atoms with Gasteiger partial charge in [0, 0.05) is 30.0 Å². The summed E-state index contributed by atoms with van der Waals surface area (Å²) in [5, 5.41) is 3.24. The predicted octanol–water partition coefficient (Wildman–Crippen LogP) is 5.25. The zero-order chi connectivity index (χ0) is 24.2. The van der Waals surface area contributed by atoms with E-state index in [9.17, 15) is 9.59 Å². The van der Waals surface area contributed by atoms with E-state index in [1.54, 1.807) is 25.3 Å². The van der Waals surface area contributed by atoms with E-state index in [1.165, 1.54) is 4.90 Å². The Hall–Kier alpha value is -4.06. The Labute approximate surface area is 200 Å². The van der Waals surface area contributed by atoms with Gasteiger partial charge in [0.2, 0.25) is 0 Å². The number of carbonyl (C=O) groups is 2. The number of para-hydroxylation sites is 2. The van der Waals surface area contributed by atoms with Crippen LogP contribution in [0.4, 0.5) is 17.1 Å². The van der Waals surface area contributed by atoms with Crippen LogP contribution < -0.4 is 19.9 Å². The molecule has 1 aliphatic rings. The molecular formula is C28H29N3O3. The molecule has 0 unspecified atom stereocenters. The lowest BCUT2D eigenvalue weighted by atomic mass is 10.0. The molecule has 0 aromatic heterocycles. The average molecular weight is 456 g/mol. The van der Waals surface area contributed by atoms with Crippen molar-refractivity contribution in [3.63, 3.8) is 0 Å². The van der Waals surface area contributed by atoms with Gasteiger partial charge in [-0.2, -0.15) is 0 Å². The molecule has 3 aromatic carbocycles. The molecule has 174 valence electrons. The zero-order valence-electron chi connectivity index (χ0n) is 20.0. The third-order valence-electron chi connectivity index (χ3n) is 6.08. The number of hydrogen-bond acceptors (Lipinski definition) is 5. The van der Waals surface area contributed by atoms with Gasteiger partial charge in [0.1, 0.15) is 11.4 Å². The Bertz CT molecular complexity index is 1240. The van der Waals surface area contributed by atoms with E-state index in [4.69, 9.17) is 4.74 Å². The second kappa shape index (κ2) is 9.83. The van der Waals surface area contributed by atoms with Crippen molar-refractivity contribution in [3.05, 3.63) is 89.6 Å². The number of benzene rings is 3. The maximum atomic E-state index is 13.7. The van der Waals surface area contributed by atoms with Crippen LogP contribution in [0, 0.1) is 6.92 Å². The number of ether oxygens (including phenoxy) is 1. The molecule has 3 aromatic rings. The molecule has 0 fully saturated rings. The summed E-state index contributed by atoms with van der Waals surface area (Å²) in [6.07, 6.45) is 0. The van der Waals surface area contributed by atoms with Gasteiger partial charge in [-0.15, -0.1) is 0 Å². The molecule has 1 N–H and O–H groups in total. The number of nitrogens with zero attached hydrogens (tertiary/aromatic N) is 2. The van der Waals surface area contributed by atoms with Gasteiger partial charge in [0.25, 0.3) is 11.8 Å². The number of imide groups is 1. The number of rotatable bonds is 8. The summed E-state index contributed by atoms with van der Waals surface area (Å²) in [4.78, 5) is 30.8. The molecule has 0 saturated heterocycles. The number of amides is 2. The van der Waals surface area contributed by atoms with Crippen molar-refractivity contribution in [2.75, 3.05) is 35.3 Å². The lowest BCUT2D eigenvalue weighted by molar-refractivity contribution is -0.120. The molecule has 0 atom stereocenters. The molecule has 0 radical (unpaired) electrons. The predicted molar refractivity (Wildman–Crippen MR) is 137 cm³/mol. The Balaban J connectivity index is 1.80. The van der Waals surface area contributed by atoms with Gasteiger partial charge in [-0.3, -0.25) is 9.59 Å². The quantitative estimate of drug-likeness (QED) is 0.470. The first-order chi connectivity index (χ1) is 16.5. The number of aryl methyl sites for hydroxylation is 1. The Kier molecular flexibility index (Phi) is 6.68. The summed E-state index contributed by atoms with van der Waals surface area (Å²) in [6, 6.07) is 22.5. The van der Waals surface area contributed by atoms with E-state index in [-0.39, 0.29) is 11.6 Å². The van der Waals surface area contributed by atoms with E-state index in [1.807, 2.05) is 61.5 Å². The minimum atomic E-state index is -0.395. The highest BCUT2D eigenvalue weighted by molar-refractivity contribution is 6.46. The topological polar surface area (TPSA) is 61.9 Å². The van der Waals surface area contributed by atoms with Crippen molar-refractivity contribution in [3.8, 4) is 5.75 Å². The lowest BCUT2D eigenvalue weighted by Crippen LogP contribution is -2.33. The van der Waals surface area contributed by atoms with E-state index in [2.05, 4.69) is 24.1 Å². The maximum Gasteiger partial charge on any atom is 0.282 e.